The lowest BCUT2D eigenvalue weighted by molar-refractivity contribution is -0.137. The van der Waals surface area contributed by atoms with Crippen molar-refractivity contribution in [2.24, 2.45) is 10.9 Å². The topological polar surface area (TPSA) is 117 Å². The Labute approximate surface area is 148 Å². The predicted octanol–water partition coefficient (Wildman–Crippen LogP) is 2.02. The lowest BCUT2D eigenvalue weighted by Gasteiger charge is -2.15. The number of nitrogens with two attached hydrogens (primary N) is 1. The Hall–Kier alpha value is -2.83. The van der Waals surface area contributed by atoms with Gasteiger partial charge in [0.1, 0.15) is 0 Å². The number of benzene rings is 1. The molecule has 0 spiro atoms. The average Bonchev–Trinajstić information content (AvgIpc) is 2.56. The van der Waals surface area contributed by atoms with Crippen LogP contribution in [0.15, 0.2) is 42.0 Å². The molecule has 0 saturated heterocycles. The van der Waals surface area contributed by atoms with E-state index < -0.39 is 12.0 Å². The van der Waals surface area contributed by atoms with Crippen LogP contribution in [0.4, 0.5) is 4.79 Å². The molecule has 1 unspecified atom stereocenters. The molecule has 0 radical (unpaired) electrons. The molecule has 0 fully saturated rings. The van der Waals surface area contributed by atoms with Crippen molar-refractivity contribution < 1.29 is 14.7 Å². The van der Waals surface area contributed by atoms with E-state index in [-0.39, 0.29) is 12.5 Å². The number of amides is 2. The highest BCUT2D eigenvalue weighted by Crippen LogP contribution is 2.06. The summed E-state index contributed by atoms with van der Waals surface area (Å²) in [6, 6.07) is 7.19. The summed E-state index contributed by atoms with van der Waals surface area (Å²) >= 11 is 0. The third-order valence-corrected chi connectivity index (χ3v) is 3.59. The molecule has 0 aliphatic carbocycles. The number of urea groups is 1. The highest BCUT2D eigenvalue weighted by molar-refractivity contribution is 5.79. The van der Waals surface area contributed by atoms with E-state index in [4.69, 9.17) is 10.9 Å². The van der Waals surface area contributed by atoms with Gasteiger partial charge in [0.15, 0.2) is 0 Å². The fraction of sp³-hybridized carbons (Fsp3) is 0.389. The van der Waals surface area contributed by atoms with Gasteiger partial charge in [0.2, 0.25) is 0 Å². The van der Waals surface area contributed by atoms with E-state index in [2.05, 4.69) is 22.3 Å². The van der Waals surface area contributed by atoms with E-state index in [9.17, 15) is 9.59 Å². The number of aryl methyl sites for hydroxylation is 1. The number of hydrazone groups is 1. The van der Waals surface area contributed by atoms with Crippen molar-refractivity contribution in [1.82, 2.24) is 10.6 Å². The van der Waals surface area contributed by atoms with Gasteiger partial charge >= 0.3 is 12.0 Å². The maximum absolute atomic E-state index is 11.8. The summed E-state index contributed by atoms with van der Waals surface area (Å²) in [7, 11) is 0. The van der Waals surface area contributed by atoms with Crippen LogP contribution in [0.1, 0.15) is 36.8 Å². The molecule has 1 aromatic rings. The molecule has 0 aromatic heterocycles. The molecule has 136 valence electrons. The summed E-state index contributed by atoms with van der Waals surface area (Å²) in [5, 5.41) is 17.7. The zero-order valence-corrected chi connectivity index (χ0v) is 14.3. The minimum atomic E-state index is -0.948. The predicted molar refractivity (Wildman–Crippen MR) is 98.6 cm³/mol. The van der Waals surface area contributed by atoms with Crippen LogP contribution in [0.3, 0.4) is 0 Å². The van der Waals surface area contributed by atoms with Crippen molar-refractivity contribution in [2.45, 2.75) is 38.1 Å². The smallest absolute Gasteiger partial charge is 0.315 e. The molecule has 1 aromatic carbocycles. The summed E-state index contributed by atoms with van der Waals surface area (Å²) in [5.74, 6) is 4.15. The Morgan fingerprint density at radius 2 is 2.00 bits per heavy atom. The number of carboxylic acid groups (broad SMARTS) is 1. The van der Waals surface area contributed by atoms with Crippen LogP contribution in [0.5, 0.6) is 0 Å². The van der Waals surface area contributed by atoms with Crippen LogP contribution in [0, 0.1) is 0 Å². The number of hydrogen-bond acceptors (Lipinski definition) is 4. The molecule has 1 rings (SSSR count). The van der Waals surface area contributed by atoms with Crippen LogP contribution in [-0.2, 0) is 11.2 Å². The van der Waals surface area contributed by atoms with Gasteiger partial charge in [-0.05, 0) is 36.8 Å². The van der Waals surface area contributed by atoms with E-state index in [0.29, 0.717) is 13.0 Å². The third kappa shape index (κ3) is 9.14. The molecule has 25 heavy (non-hydrogen) atoms. The first-order valence-electron chi connectivity index (χ1n) is 8.24. The lowest BCUT2D eigenvalue weighted by atomic mass is 10.1. The SMILES string of the molecule is C=CCC(CC(=O)O)NC(=O)NCCCCc1ccc(C=NN)cc1. The fourth-order valence-electron chi connectivity index (χ4n) is 2.35. The van der Waals surface area contributed by atoms with Gasteiger partial charge in [0.05, 0.1) is 12.6 Å². The maximum Gasteiger partial charge on any atom is 0.315 e. The number of carboxylic acids is 1. The minimum Gasteiger partial charge on any atom is -0.481 e. The van der Waals surface area contributed by atoms with Gasteiger partial charge in [0.25, 0.3) is 0 Å². The number of carbonyl (C=O) groups is 2. The minimum absolute atomic E-state index is 0.121. The van der Waals surface area contributed by atoms with Gasteiger partial charge < -0.3 is 21.6 Å². The Balaban J connectivity index is 2.22. The fourth-order valence-corrected chi connectivity index (χ4v) is 2.35. The Morgan fingerprint density at radius 1 is 1.28 bits per heavy atom. The molecular formula is C18H26N4O3. The second-order valence-corrected chi connectivity index (χ2v) is 5.70. The van der Waals surface area contributed by atoms with Crippen LogP contribution in [0.2, 0.25) is 0 Å². The van der Waals surface area contributed by atoms with Crippen LogP contribution >= 0.6 is 0 Å². The Bertz CT molecular complexity index is 584. The highest BCUT2D eigenvalue weighted by atomic mass is 16.4. The van der Waals surface area contributed by atoms with E-state index in [1.54, 1.807) is 12.3 Å². The van der Waals surface area contributed by atoms with Gasteiger partial charge in [0, 0.05) is 12.6 Å². The summed E-state index contributed by atoms with van der Waals surface area (Å²) < 4.78 is 0. The quantitative estimate of drug-likeness (QED) is 0.161. The molecule has 0 aliphatic heterocycles. The molecule has 0 aliphatic rings. The molecule has 0 saturated carbocycles. The van der Waals surface area contributed by atoms with Gasteiger partial charge in [-0.3, -0.25) is 4.79 Å². The largest absolute Gasteiger partial charge is 0.481 e. The molecule has 0 bridgehead atoms. The van der Waals surface area contributed by atoms with Crippen molar-refractivity contribution in [3.8, 4) is 0 Å². The summed E-state index contributed by atoms with van der Waals surface area (Å²) in [6.07, 6.45) is 6.19. The molecule has 2 amide bonds. The summed E-state index contributed by atoms with van der Waals surface area (Å²) in [6.45, 7) is 4.11. The number of nitrogens with zero attached hydrogens (tertiary/aromatic N) is 1. The highest BCUT2D eigenvalue weighted by Gasteiger charge is 2.14. The molecule has 1 atom stereocenters. The van der Waals surface area contributed by atoms with E-state index in [1.807, 2.05) is 24.3 Å². The Morgan fingerprint density at radius 3 is 2.60 bits per heavy atom. The Kier molecular flexibility index (Phi) is 9.43. The van der Waals surface area contributed by atoms with Crippen LogP contribution in [-0.4, -0.2) is 35.9 Å². The maximum atomic E-state index is 11.8. The van der Waals surface area contributed by atoms with E-state index in [1.165, 1.54) is 5.56 Å². The van der Waals surface area contributed by atoms with E-state index in [0.717, 1.165) is 24.8 Å². The second-order valence-electron chi connectivity index (χ2n) is 5.70. The molecular weight excluding hydrogens is 320 g/mol. The van der Waals surface area contributed by atoms with Gasteiger partial charge in [-0.25, -0.2) is 4.79 Å². The number of unbranched alkanes of at least 4 members (excludes halogenated alkanes) is 1. The van der Waals surface area contributed by atoms with Crippen molar-refractivity contribution in [2.75, 3.05) is 6.54 Å². The first-order chi connectivity index (χ1) is 12.0. The standard InChI is InChI=1S/C18H26N4O3/c1-2-5-16(12-17(23)24)22-18(25)20-11-4-3-6-14-7-9-15(10-8-14)13-21-19/h2,7-10,13,16H,1,3-6,11-12,19H2,(H,23,24)(H2,20,22,25). The number of carbonyl (C=O) groups excluding carboxylic acids is 1. The summed E-state index contributed by atoms with van der Waals surface area (Å²) in [4.78, 5) is 22.5. The van der Waals surface area contributed by atoms with Crippen molar-refractivity contribution in [3.63, 3.8) is 0 Å². The molecule has 0 heterocycles. The van der Waals surface area contributed by atoms with Crippen LogP contribution in [0.25, 0.3) is 0 Å². The molecule has 7 nitrogen and oxygen atoms in total. The third-order valence-electron chi connectivity index (χ3n) is 3.59. The van der Waals surface area contributed by atoms with Crippen LogP contribution < -0.4 is 16.5 Å². The number of aliphatic carboxylic acids is 1. The number of hydrogen-bond donors (Lipinski definition) is 4. The van der Waals surface area contributed by atoms with Gasteiger partial charge in [-0.2, -0.15) is 5.10 Å². The monoisotopic (exact) mass is 346 g/mol. The van der Waals surface area contributed by atoms with Crippen molar-refractivity contribution in [1.29, 1.82) is 0 Å². The first kappa shape index (κ1) is 20.2. The normalized spacial score (nSPS) is 11.8. The zero-order chi connectivity index (χ0) is 18.5. The van der Waals surface area contributed by atoms with E-state index >= 15 is 0 Å². The molecule has 5 N–H and O–H groups in total. The number of rotatable bonds is 11. The lowest BCUT2D eigenvalue weighted by Crippen LogP contribution is -2.43. The second kappa shape index (κ2) is 11.7. The zero-order valence-electron chi connectivity index (χ0n) is 14.3. The van der Waals surface area contributed by atoms with Crippen molar-refractivity contribution in [3.05, 3.63) is 48.0 Å². The van der Waals surface area contributed by atoms with Gasteiger partial charge in [-0.15, -0.1) is 6.58 Å². The molecule has 7 heteroatoms. The number of nitrogens with one attached hydrogen (secondary N) is 2. The average molecular weight is 346 g/mol. The van der Waals surface area contributed by atoms with Crippen molar-refractivity contribution >= 4 is 18.2 Å². The first-order valence-corrected chi connectivity index (χ1v) is 8.24. The summed E-state index contributed by atoms with van der Waals surface area (Å²) in [5.41, 5.74) is 2.17. The van der Waals surface area contributed by atoms with Gasteiger partial charge in [-0.1, -0.05) is 30.3 Å².